The molecular weight excluding hydrogens is 328 g/mol. The van der Waals surface area contributed by atoms with Crippen molar-refractivity contribution in [3.05, 3.63) is 29.3 Å². The third-order valence-electron chi connectivity index (χ3n) is 4.58. The fraction of sp³-hybridized carbons (Fsp3) is 0.556. The lowest BCUT2D eigenvalue weighted by Gasteiger charge is -2.33. The first-order valence-corrected chi connectivity index (χ1v) is 8.92. The van der Waals surface area contributed by atoms with E-state index < -0.39 is 6.10 Å². The maximum Gasteiger partial charge on any atom is 0.263 e. The Morgan fingerprint density at radius 3 is 2.38 bits per heavy atom. The summed E-state index contributed by atoms with van der Waals surface area (Å²) in [6, 6.07) is 7.18. The Labute approximate surface area is 147 Å². The largest absolute Gasteiger partial charge is 0.481 e. The van der Waals surface area contributed by atoms with Crippen molar-refractivity contribution < 1.29 is 14.3 Å². The predicted octanol–water partition coefficient (Wildman–Crippen LogP) is 2.62. The first-order valence-electron chi connectivity index (χ1n) is 8.54. The van der Waals surface area contributed by atoms with Crippen LogP contribution in [0.2, 0.25) is 5.02 Å². The lowest BCUT2D eigenvalue weighted by Crippen LogP contribution is -2.49. The molecule has 2 aliphatic rings. The van der Waals surface area contributed by atoms with Gasteiger partial charge in [-0.25, -0.2) is 0 Å². The van der Waals surface area contributed by atoms with E-state index in [1.807, 2.05) is 4.90 Å². The van der Waals surface area contributed by atoms with E-state index in [9.17, 15) is 9.59 Å². The summed E-state index contributed by atoms with van der Waals surface area (Å²) in [6.45, 7) is 3.07. The summed E-state index contributed by atoms with van der Waals surface area (Å²) in [7, 11) is 0. The van der Waals surface area contributed by atoms with Crippen LogP contribution in [0.5, 0.6) is 5.75 Å². The van der Waals surface area contributed by atoms with Gasteiger partial charge in [0.25, 0.3) is 5.91 Å². The SMILES string of the molecule is CC(Oc1ccc(Cl)cc1)C(=O)N1CCC(NC(=O)C2CC2)CC1. The molecule has 0 spiro atoms. The van der Waals surface area contributed by atoms with Crippen LogP contribution >= 0.6 is 11.6 Å². The summed E-state index contributed by atoms with van der Waals surface area (Å²) in [5.41, 5.74) is 0. The van der Waals surface area contributed by atoms with Crippen molar-refractivity contribution in [3.8, 4) is 5.75 Å². The first kappa shape index (κ1) is 17.1. The highest BCUT2D eigenvalue weighted by Crippen LogP contribution is 2.29. The van der Waals surface area contributed by atoms with Gasteiger partial charge in [-0.3, -0.25) is 9.59 Å². The van der Waals surface area contributed by atoms with Crippen LogP contribution in [0, 0.1) is 5.92 Å². The van der Waals surface area contributed by atoms with Crippen LogP contribution in [-0.2, 0) is 9.59 Å². The number of carbonyl (C=O) groups is 2. The molecule has 1 aliphatic heterocycles. The van der Waals surface area contributed by atoms with E-state index in [2.05, 4.69) is 5.32 Å². The summed E-state index contributed by atoms with van der Waals surface area (Å²) >= 11 is 5.84. The van der Waals surface area contributed by atoms with Gasteiger partial charge in [-0.1, -0.05) is 11.6 Å². The summed E-state index contributed by atoms with van der Waals surface area (Å²) in [4.78, 5) is 26.1. The number of piperidine rings is 1. The van der Waals surface area contributed by atoms with Crippen LogP contribution in [-0.4, -0.2) is 41.9 Å². The van der Waals surface area contributed by atoms with E-state index in [1.54, 1.807) is 31.2 Å². The number of nitrogens with zero attached hydrogens (tertiary/aromatic N) is 1. The van der Waals surface area contributed by atoms with Gasteiger partial charge in [0, 0.05) is 30.1 Å². The second-order valence-corrected chi connectivity index (χ2v) is 7.03. The first-order chi connectivity index (χ1) is 11.5. The molecule has 5 nitrogen and oxygen atoms in total. The van der Waals surface area contributed by atoms with Crippen molar-refractivity contribution in [2.24, 2.45) is 5.92 Å². The summed E-state index contributed by atoms with van der Waals surface area (Å²) < 4.78 is 5.70. The third-order valence-corrected chi connectivity index (χ3v) is 4.83. The van der Waals surface area contributed by atoms with Crippen LogP contribution in [0.1, 0.15) is 32.6 Å². The second kappa shape index (κ2) is 7.43. The molecule has 1 N–H and O–H groups in total. The minimum atomic E-state index is -0.538. The topological polar surface area (TPSA) is 58.6 Å². The molecule has 2 amide bonds. The molecule has 1 saturated carbocycles. The van der Waals surface area contributed by atoms with Gasteiger partial charge in [0.1, 0.15) is 5.75 Å². The Morgan fingerprint density at radius 1 is 1.17 bits per heavy atom. The van der Waals surface area contributed by atoms with Crippen molar-refractivity contribution in [2.75, 3.05) is 13.1 Å². The predicted molar refractivity (Wildman–Crippen MR) is 92.0 cm³/mol. The molecule has 2 fully saturated rings. The zero-order valence-corrected chi connectivity index (χ0v) is 14.6. The molecule has 3 rings (SSSR count). The van der Waals surface area contributed by atoms with Gasteiger partial charge in [-0.15, -0.1) is 0 Å². The Morgan fingerprint density at radius 2 is 1.79 bits per heavy atom. The zero-order chi connectivity index (χ0) is 17.1. The van der Waals surface area contributed by atoms with Crippen LogP contribution in [0.25, 0.3) is 0 Å². The smallest absolute Gasteiger partial charge is 0.263 e. The molecule has 0 aromatic heterocycles. The quantitative estimate of drug-likeness (QED) is 0.888. The molecule has 0 bridgehead atoms. The van der Waals surface area contributed by atoms with Gasteiger partial charge in [0.05, 0.1) is 0 Å². The van der Waals surface area contributed by atoms with E-state index >= 15 is 0 Å². The highest BCUT2D eigenvalue weighted by atomic mass is 35.5. The monoisotopic (exact) mass is 350 g/mol. The Kier molecular flexibility index (Phi) is 5.29. The van der Waals surface area contributed by atoms with E-state index in [1.165, 1.54) is 0 Å². The average Bonchev–Trinajstić information content (AvgIpc) is 3.42. The molecule has 1 atom stereocenters. The number of likely N-dealkylation sites (tertiary alicyclic amines) is 1. The van der Waals surface area contributed by atoms with E-state index in [0.29, 0.717) is 23.9 Å². The molecule has 24 heavy (non-hydrogen) atoms. The average molecular weight is 351 g/mol. The number of amides is 2. The number of nitrogens with one attached hydrogen (secondary N) is 1. The lowest BCUT2D eigenvalue weighted by atomic mass is 10.0. The molecule has 1 heterocycles. The van der Waals surface area contributed by atoms with Crippen molar-refractivity contribution in [1.82, 2.24) is 10.2 Å². The van der Waals surface area contributed by atoms with Gasteiger partial charge in [0.15, 0.2) is 6.10 Å². The number of hydrogen-bond acceptors (Lipinski definition) is 3. The van der Waals surface area contributed by atoms with Gasteiger partial charge in [-0.2, -0.15) is 0 Å². The van der Waals surface area contributed by atoms with Crippen molar-refractivity contribution in [3.63, 3.8) is 0 Å². The molecule has 1 saturated heterocycles. The van der Waals surface area contributed by atoms with Crippen LogP contribution in [0.3, 0.4) is 0 Å². The Bertz CT molecular complexity index is 593. The Balaban J connectivity index is 1.45. The molecule has 1 aromatic carbocycles. The van der Waals surface area contributed by atoms with Crippen LogP contribution in [0.4, 0.5) is 0 Å². The number of halogens is 1. The number of ether oxygens (including phenoxy) is 1. The number of hydrogen-bond donors (Lipinski definition) is 1. The minimum Gasteiger partial charge on any atom is -0.481 e. The highest BCUT2D eigenvalue weighted by molar-refractivity contribution is 6.30. The van der Waals surface area contributed by atoms with Crippen LogP contribution < -0.4 is 10.1 Å². The standard InChI is InChI=1S/C18H23ClN2O3/c1-12(24-16-6-4-14(19)5-7-16)18(23)21-10-8-15(9-11-21)20-17(22)13-2-3-13/h4-7,12-13,15H,2-3,8-11H2,1H3,(H,20,22). The molecule has 1 aliphatic carbocycles. The molecule has 1 unspecified atom stereocenters. The maximum absolute atomic E-state index is 12.5. The van der Waals surface area contributed by atoms with E-state index in [0.717, 1.165) is 25.7 Å². The zero-order valence-electron chi connectivity index (χ0n) is 13.8. The van der Waals surface area contributed by atoms with Crippen molar-refractivity contribution in [2.45, 2.75) is 44.8 Å². The normalized spacial score (nSPS) is 19.7. The summed E-state index contributed by atoms with van der Waals surface area (Å²) in [5.74, 6) is 1.03. The molecule has 6 heteroatoms. The molecule has 1 aromatic rings. The fourth-order valence-electron chi connectivity index (χ4n) is 2.93. The summed E-state index contributed by atoms with van der Waals surface area (Å²) in [5, 5.41) is 3.73. The third kappa shape index (κ3) is 4.41. The molecular formula is C18H23ClN2O3. The van der Waals surface area contributed by atoms with Gasteiger partial charge >= 0.3 is 0 Å². The van der Waals surface area contributed by atoms with Crippen molar-refractivity contribution in [1.29, 1.82) is 0 Å². The Hall–Kier alpha value is -1.75. The second-order valence-electron chi connectivity index (χ2n) is 6.60. The fourth-order valence-corrected chi connectivity index (χ4v) is 3.06. The molecule has 0 radical (unpaired) electrons. The molecule has 130 valence electrons. The van der Waals surface area contributed by atoms with Gasteiger partial charge in [-0.05, 0) is 56.9 Å². The van der Waals surface area contributed by atoms with Gasteiger partial charge in [0.2, 0.25) is 5.91 Å². The van der Waals surface area contributed by atoms with Crippen molar-refractivity contribution >= 4 is 23.4 Å². The number of benzene rings is 1. The number of rotatable bonds is 5. The number of carbonyl (C=O) groups excluding carboxylic acids is 2. The highest BCUT2D eigenvalue weighted by Gasteiger charge is 2.33. The van der Waals surface area contributed by atoms with Gasteiger partial charge < -0.3 is 15.0 Å². The van der Waals surface area contributed by atoms with E-state index in [4.69, 9.17) is 16.3 Å². The summed E-state index contributed by atoms with van der Waals surface area (Å²) in [6.07, 6.45) is 3.10. The maximum atomic E-state index is 12.5. The lowest BCUT2D eigenvalue weighted by molar-refractivity contribution is -0.139. The van der Waals surface area contributed by atoms with Crippen LogP contribution in [0.15, 0.2) is 24.3 Å². The minimum absolute atomic E-state index is 0.0167. The van der Waals surface area contributed by atoms with E-state index in [-0.39, 0.29) is 23.8 Å².